The first-order valence-corrected chi connectivity index (χ1v) is 12.6. The highest BCUT2D eigenvalue weighted by atomic mass is 16.2. The number of benzene rings is 1. The van der Waals surface area contributed by atoms with Gasteiger partial charge in [-0.2, -0.15) is 0 Å². The lowest BCUT2D eigenvalue weighted by molar-refractivity contribution is -0.121. The Kier molecular flexibility index (Phi) is 7.87. The largest absolute Gasteiger partial charge is 0.371 e. The molecular weight excluding hydrogens is 386 g/mol. The standard InChI is InChI=1S/C26H39N3O2/c30-21-28(23-10-2-1-3-11-23)17-5-4-8-22-9-6-18-27(20-22)24-13-15-25(16-14-24)29-19-7-12-26(29)31/h13-16,21-23H,1-12,17-20H2. The van der Waals surface area contributed by atoms with E-state index in [0.717, 1.165) is 57.0 Å². The van der Waals surface area contributed by atoms with E-state index in [1.54, 1.807) is 0 Å². The topological polar surface area (TPSA) is 43.9 Å². The molecule has 1 atom stereocenters. The summed E-state index contributed by atoms with van der Waals surface area (Å²) in [6.45, 7) is 4.04. The minimum Gasteiger partial charge on any atom is -0.371 e. The van der Waals surface area contributed by atoms with Crippen LogP contribution in [0.4, 0.5) is 11.4 Å². The second-order valence-electron chi connectivity index (χ2n) is 9.75. The van der Waals surface area contributed by atoms with Crippen LogP contribution in [0.3, 0.4) is 0 Å². The van der Waals surface area contributed by atoms with Gasteiger partial charge in [-0.05, 0) is 75.1 Å². The monoisotopic (exact) mass is 425 g/mol. The molecule has 31 heavy (non-hydrogen) atoms. The van der Waals surface area contributed by atoms with E-state index in [1.165, 1.54) is 63.5 Å². The number of rotatable bonds is 9. The second kappa shape index (κ2) is 11.0. The molecule has 0 bridgehead atoms. The van der Waals surface area contributed by atoms with Crippen LogP contribution in [0.1, 0.15) is 77.0 Å². The molecule has 0 radical (unpaired) electrons. The molecule has 5 heteroatoms. The predicted octanol–water partition coefficient (Wildman–Crippen LogP) is 4.99. The van der Waals surface area contributed by atoms with Gasteiger partial charge in [-0.1, -0.05) is 25.7 Å². The number of anilines is 2. The van der Waals surface area contributed by atoms with Crippen LogP contribution >= 0.6 is 0 Å². The van der Waals surface area contributed by atoms with Gasteiger partial charge >= 0.3 is 0 Å². The zero-order valence-corrected chi connectivity index (χ0v) is 19.0. The average Bonchev–Trinajstić information content (AvgIpc) is 3.26. The van der Waals surface area contributed by atoms with Crippen LogP contribution in [0.2, 0.25) is 0 Å². The van der Waals surface area contributed by atoms with Crippen molar-refractivity contribution < 1.29 is 9.59 Å². The Hall–Kier alpha value is -2.04. The van der Waals surface area contributed by atoms with Gasteiger partial charge in [0.2, 0.25) is 12.3 Å². The normalized spacial score (nSPS) is 22.7. The molecule has 2 aliphatic heterocycles. The molecule has 0 aromatic heterocycles. The number of nitrogens with zero attached hydrogens (tertiary/aromatic N) is 3. The van der Waals surface area contributed by atoms with Gasteiger partial charge in [0.1, 0.15) is 0 Å². The lowest BCUT2D eigenvalue weighted by atomic mass is 9.92. The van der Waals surface area contributed by atoms with Crippen molar-refractivity contribution in [2.24, 2.45) is 5.92 Å². The van der Waals surface area contributed by atoms with Gasteiger partial charge in [0, 0.05) is 50.0 Å². The van der Waals surface area contributed by atoms with Crippen LogP contribution in [0.25, 0.3) is 0 Å². The highest BCUT2D eigenvalue weighted by molar-refractivity contribution is 5.95. The third-order valence-corrected chi connectivity index (χ3v) is 7.58. The first kappa shape index (κ1) is 22.2. The van der Waals surface area contributed by atoms with Gasteiger partial charge in [-0.15, -0.1) is 0 Å². The number of hydrogen-bond acceptors (Lipinski definition) is 3. The third kappa shape index (κ3) is 5.81. The van der Waals surface area contributed by atoms with E-state index in [0.29, 0.717) is 12.5 Å². The number of piperidine rings is 1. The summed E-state index contributed by atoms with van der Waals surface area (Å²) in [4.78, 5) is 30.0. The summed E-state index contributed by atoms with van der Waals surface area (Å²) < 4.78 is 0. The molecular formula is C26H39N3O2. The van der Waals surface area contributed by atoms with Crippen LogP contribution < -0.4 is 9.80 Å². The highest BCUT2D eigenvalue weighted by Gasteiger charge is 2.24. The first-order chi connectivity index (χ1) is 15.2. The van der Waals surface area contributed by atoms with Crippen LogP contribution in [-0.2, 0) is 9.59 Å². The van der Waals surface area contributed by atoms with Gasteiger partial charge in [0.05, 0.1) is 0 Å². The minimum absolute atomic E-state index is 0.252. The number of amides is 2. The number of hydrogen-bond donors (Lipinski definition) is 0. The molecule has 0 spiro atoms. The van der Waals surface area contributed by atoms with Gasteiger partial charge in [-0.25, -0.2) is 0 Å². The van der Waals surface area contributed by atoms with E-state index in [2.05, 4.69) is 34.1 Å². The van der Waals surface area contributed by atoms with E-state index in [4.69, 9.17) is 0 Å². The molecule has 1 unspecified atom stereocenters. The zero-order chi connectivity index (χ0) is 21.5. The SMILES string of the molecule is O=CN(CCCCC1CCCN(c2ccc(N3CCCC3=O)cc2)C1)C1CCCCC1. The fourth-order valence-electron chi connectivity index (χ4n) is 5.76. The molecule has 2 amide bonds. The van der Waals surface area contributed by atoms with Crippen LogP contribution in [0, 0.1) is 5.92 Å². The molecule has 0 N–H and O–H groups in total. The van der Waals surface area contributed by atoms with Gasteiger partial charge in [0.15, 0.2) is 0 Å². The summed E-state index contributed by atoms with van der Waals surface area (Å²) in [5, 5.41) is 0. The maximum Gasteiger partial charge on any atom is 0.227 e. The van der Waals surface area contributed by atoms with E-state index >= 15 is 0 Å². The smallest absolute Gasteiger partial charge is 0.227 e. The Bertz CT molecular complexity index is 714. The highest BCUT2D eigenvalue weighted by Crippen LogP contribution is 2.29. The molecule has 1 aromatic rings. The average molecular weight is 426 g/mol. The third-order valence-electron chi connectivity index (χ3n) is 7.58. The summed E-state index contributed by atoms with van der Waals surface area (Å²) in [7, 11) is 0. The van der Waals surface area contributed by atoms with Crippen molar-refractivity contribution in [3.63, 3.8) is 0 Å². The van der Waals surface area contributed by atoms with E-state index < -0.39 is 0 Å². The number of unbranched alkanes of at least 4 members (excludes halogenated alkanes) is 1. The van der Waals surface area contributed by atoms with E-state index in [1.807, 2.05) is 4.90 Å². The molecule has 2 saturated heterocycles. The number of carbonyl (C=O) groups excluding carboxylic acids is 2. The maximum absolute atomic E-state index is 12.0. The summed E-state index contributed by atoms with van der Waals surface area (Å²) >= 11 is 0. The maximum atomic E-state index is 12.0. The van der Waals surface area contributed by atoms with Gasteiger partial charge in [-0.3, -0.25) is 9.59 Å². The minimum atomic E-state index is 0.252. The molecule has 1 aromatic carbocycles. The summed E-state index contributed by atoms with van der Waals surface area (Å²) in [5.74, 6) is 0.996. The van der Waals surface area contributed by atoms with Crippen molar-refractivity contribution in [3.05, 3.63) is 24.3 Å². The van der Waals surface area contributed by atoms with Crippen molar-refractivity contribution >= 4 is 23.7 Å². The molecule has 5 nitrogen and oxygen atoms in total. The quantitative estimate of drug-likeness (QED) is 0.413. The van der Waals surface area contributed by atoms with Crippen LogP contribution in [0.5, 0.6) is 0 Å². The summed E-state index contributed by atoms with van der Waals surface area (Å²) in [6, 6.07) is 9.10. The zero-order valence-electron chi connectivity index (χ0n) is 19.0. The van der Waals surface area contributed by atoms with E-state index in [9.17, 15) is 9.59 Å². The Morgan fingerprint density at radius 3 is 2.39 bits per heavy atom. The predicted molar refractivity (Wildman–Crippen MR) is 126 cm³/mol. The van der Waals surface area contributed by atoms with Crippen molar-refractivity contribution in [1.29, 1.82) is 0 Å². The van der Waals surface area contributed by atoms with Crippen molar-refractivity contribution in [3.8, 4) is 0 Å². The Morgan fingerprint density at radius 2 is 1.68 bits per heavy atom. The Labute approximate surface area is 187 Å². The summed E-state index contributed by atoms with van der Waals surface area (Å²) in [5.41, 5.74) is 2.32. The van der Waals surface area contributed by atoms with Crippen LogP contribution in [0.15, 0.2) is 24.3 Å². The lowest BCUT2D eigenvalue weighted by Gasteiger charge is -2.35. The molecule has 1 aliphatic carbocycles. The van der Waals surface area contributed by atoms with Crippen molar-refractivity contribution in [2.75, 3.05) is 36.0 Å². The first-order valence-electron chi connectivity index (χ1n) is 12.6. The van der Waals surface area contributed by atoms with Gasteiger partial charge in [0.25, 0.3) is 0 Å². The molecule has 3 aliphatic rings. The molecule has 170 valence electrons. The molecule has 2 heterocycles. The second-order valence-corrected chi connectivity index (χ2v) is 9.75. The van der Waals surface area contributed by atoms with Crippen LogP contribution in [-0.4, -0.2) is 49.4 Å². The van der Waals surface area contributed by atoms with E-state index in [-0.39, 0.29) is 5.91 Å². The fourth-order valence-corrected chi connectivity index (χ4v) is 5.76. The van der Waals surface area contributed by atoms with Crippen molar-refractivity contribution in [2.45, 2.75) is 83.1 Å². The molecule has 1 saturated carbocycles. The number of carbonyl (C=O) groups is 2. The lowest BCUT2D eigenvalue weighted by Crippen LogP contribution is -2.37. The van der Waals surface area contributed by atoms with Crippen molar-refractivity contribution in [1.82, 2.24) is 4.90 Å². The van der Waals surface area contributed by atoms with Gasteiger partial charge < -0.3 is 14.7 Å². The molecule has 3 fully saturated rings. The Balaban J connectivity index is 1.21. The summed E-state index contributed by atoms with van der Waals surface area (Å²) in [6.07, 6.45) is 15.2. The Morgan fingerprint density at radius 1 is 0.903 bits per heavy atom. The molecule has 4 rings (SSSR count). The fraction of sp³-hybridized carbons (Fsp3) is 0.692.